The lowest BCUT2D eigenvalue weighted by Crippen LogP contribution is -2.19. The van der Waals surface area contributed by atoms with Crippen molar-refractivity contribution in [2.45, 2.75) is 26.2 Å². The van der Waals surface area contributed by atoms with Gasteiger partial charge in [-0.3, -0.25) is 0 Å². The van der Waals surface area contributed by atoms with Crippen molar-refractivity contribution in [3.8, 4) is 5.75 Å². The summed E-state index contributed by atoms with van der Waals surface area (Å²) in [5.41, 5.74) is 1.23. The van der Waals surface area contributed by atoms with Crippen molar-refractivity contribution >= 4 is 15.9 Å². The van der Waals surface area contributed by atoms with Gasteiger partial charge in [0, 0.05) is 4.47 Å². The Morgan fingerprint density at radius 2 is 2.21 bits per heavy atom. The highest BCUT2D eigenvalue weighted by molar-refractivity contribution is 9.10. The topological polar surface area (TPSA) is 9.23 Å². The molecule has 1 aromatic rings. The molecule has 0 atom stereocenters. The standard InChI is InChI=1S/C12H15BrO/c1-9-7-11(5-6-12(9)13)14-8-10-3-2-4-10/h5-7,10H,2-4,8H2,1H3. The zero-order valence-electron chi connectivity index (χ0n) is 8.42. The monoisotopic (exact) mass is 254 g/mol. The van der Waals surface area contributed by atoms with E-state index in [1.54, 1.807) is 0 Å². The van der Waals surface area contributed by atoms with Gasteiger partial charge in [0.2, 0.25) is 0 Å². The molecular formula is C12H15BrO. The van der Waals surface area contributed by atoms with Crippen molar-refractivity contribution < 1.29 is 4.74 Å². The molecule has 0 unspecified atom stereocenters. The van der Waals surface area contributed by atoms with Gasteiger partial charge in [0.25, 0.3) is 0 Å². The number of rotatable bonds is 3. The lowest BCUT2D eigenvalue weighted by atomic mass is 9.86. The average Bonchev–Trinajstić information content (AvgIpc) is 2.08. The molecule has 0 spiro atoms. The minimum absolute atomic E-state index is 0.805. The molecule has 0 aliphatic heterocycles. The van der Waals surface area contributed by atoms with Crippen LogP contribution in [0.2, 0.25) is 0 Å². The van der Waals surface area contributed by atoms with E-state index in [1.807, 2.05) is 12.1 Å². The Balaban J connectivity index is 1.91. The van der Waals surface area contributed by atoms with Gasteiger partial charge in [-0.25, -0.2) is 0 Å². The molecule has 1 aliphatic rings. The maximum atomic E-state index is 5.72. The Morgan fingerprint density at radius 3 is 2.79 bits per heavy atom. The second kappa shape index (κ2) is 4.35. The minimum Gasteiger partial charge on any atom is -0.493 e. The lowest BCUT2D eigenvalue weighted by molar-refractivity contribution is 0.180. The first-order chi connectivity index (χ1) is 6.75. The summed E-state index contributed by atoms with van der Waals surface area (Å²) >= 11 is 3.48. The van der Waals surface area contributed by atoms with Gasteiger partial charge in [0.15, 0.2) is 0 Å². The molecular weight excluding hydrogens is 240 g/mol. The van der Waals surface area contributed by atoms with Gasteiger partial charge in [-0.1, -0.05) is 22.4 Å². The summed E-state index contributed by atoms with van der Waals surface area (Å²) in [6, 6.07) is 6.16. The molecule has 0 heterocycles. The largest absolute Gasteiger partial charge is 0.493 e. The van der Waals surface area contributed by atoms with Crippen molar-refractivity contribution in [2.24, 2.45) is 5.92 Å². The van der Waals surface area contributed by atoms with E-state index in [0.29, 0.717) is 0 Å². The molecule has 1 fully saturated rings. The van der Waals surface area contributed by atoms with Gasteiger partial charge in [-0.2, -0.15) is 0 Å². The van der Waals surface area contributed by atoms with E-state index in [1.165, 1.54) is 24.8 Å². The third-order valence-corrected chi connectivity index (χ3v) is 3.73. The molecule has 0 aromatic heterocycles. The molecule has 2 heteroatoms. The first kappa shape index (κ1) is 10.0. The molecule has 0 amide bonds. The van der Waals surface area contributed by atoms with Crippen molar-refractivity contribution in [1.29, 1.82) is 0 Å². The van der Waals surface area contributed by atoms with Gasteiger partial charge in [0.1, 0.15) is 5.75 Å². The second-order valence-corrected chi connectivity index (χ2v) is 4.87. The van der Waals surface area contributed by atoms with Crippen LogP contribution in [0.1, 0.15) is 24.8 Å². The fraction of sp³-hybridized carbons (Fsp3) is 0.500. The van der Waals surface area contributed by atoms with Crippen LogP contribution in [-0.4, -0.2) is 6.61 Å². The van der Waals surface area contributed by atoms with E-state index in [2.05, 4.69) is 28.9 Å². The number of aryl methyl sites for hydroxylation is 1. The Labute approximate surface area is 93.6 Å². The Bertz CT molecular complexity index is 318. The second-order valence-electron chi connectivity index (χ2n) is 4.02. The SMILES string of the molecule is Cc1cc(OCC2CCC2)ccc1Br. The zero-order valence-corrected chi connectivity index (χ0v) is 10.0. The normalized spacial score (nSPS) is 16.4. The first-order valence-electron chi connectivity index (χ1n) is 5.14. The molecule has 76 valence electrons. The Kier molecular flexibility index (Phi) is 3.12. The van der Waals surface area contributed by atoms with Crippen LogP contribution in [0, 0.1) is 12.8 Å². The summed E-state index contributed by atoms with van der Waals surface area (Å²) in [5.74, 6) is 1.80. The molecule has 1 nitrogen and oxygen atoms in total. The molecule has 0 bridgehead atoms. The van der Waals surface area contributed by atoms with E-state index >= 15 is 0 Å². The van der Waals surface area contributed by atoms with Crippen LogP contribution in [-0.2, 0) is 0 Å². The molecule has 1 aromatic carbocycles. The predicted molar refractivity (Wildman–Crippen MR) is 61.7 cm³/mol. The average molecular weight is 255 g/mol. The molecule has 14 heavy (non-hydrogen) atoms. The van der Waals surface area contributed by atoms with E-state index in [9.17, 15) is 0 Å². The van der Waals surface area contributed by atoms with Crippen molar-refractivity contribution in [3.05, 3.63) is 28.2 Å². The minimum atomic E-state index is 0.805. The van der Waals surface area contributed by atoms with Gasteiger partial charge in [-0.05, 0) is 49.4 Å². The fourth-order valence-electron chi connectivity index (χ4n) is 1.58. The van der Waals surface area contributed by atoms with Gasteiger partial charge < -0.3 is 4.74 Å². The van der Waals surface area contributed by atoms with Crippen molar-refractivity contribution in [1.82, 2.24) is 0 Å². The van der Waals surface area contributed by atoms with Crippen LogP contribution in [0.15, 0.2) is 22.7 Å². The highest BCUT2D eigenvalue weighted by atomic mass is 79.9. The summed E-state index contributed by atoms with van der Waals surface area (Å²) in [5, 5.41) is 0. The smallest absolute Gasteiger partial charge is 0.119 e. The predicted octanol–water partition coefficient (Wildman–Crippen LogP) is 3.94. The van der Waals surface area contributed by atoms with Crippen LogP contribution in [0.4, 0.5) is 0 Å². The number of hydrogen-bond donors (Lipinski definition) is 0. The maximum absolute atomic E-state index is 5.72. The van der Waals surface area contributed by atoms with E-state index in [4.69, 9.17) is 4.74 Å². The van der Waals surface area contributed by atoms with E-state index in [0.717, 1.165) is 22.7 Å². The quantitative estimate of drug-likeness (QED) is 0.794. The maximum Gasteiger partial charge on any atom is 0.119 e. The van der Waals surface area contributed by atoms with Gasteiger partial charge >= 0.3 is 0 Å². The number of benzene rings is 1. The van der Waals surface area contributed by atoms with Crippen molar-refractivity contribution in [3.63, 3.8) is 0 Å². The Morgan fingerprint density at radius 1 is 1.43 bits per heavy atom. The highest BCUT2D eigenvalue weighted by Crippen LogP contribution is 2.28. The summed E-state index contributed by atoms with van der Waals surface area (Å²) in [6.07, 6.45) is 4.07. The van der Waals surface area contributed by atoms with Crippen LogP contribution in [0.25, 0.3) is 0 Å². The molecule has 1 aliphatic carbocycles. The van der Waals surface area contributed by atoms with Crippen molar-refractivity contribution in [2.75, 3.05) is 6.61 Å². The third kappa shape index (κ3) is 2.30. The Hall–Kier alpha value is -0.500. The summed E-state index contributed by atoms with van der Waals surface area (Å²) in [7, 11) is 0. The summed E-state index contributed by atoms with van der Waals surface area (Å²) < 4.78 is 6.87. The molecule has 0 N–H and O–H groups in total. The van der Waals surface area contributed by atoms with Crippen LogP contribution in [0.5, 0.6) is 5.75 Å². The molecule has 2 rings (SSSR count). The van der Waals surface area contributed by atoms with Gasteiger partial charge in [-0.15, -0.1) is 0 Å². The van der Waals surface area contributed by atoms with E-state index < -0.39 is 0 Å². The number of hydrogen-bond acceptors (Lipinski definition) is 1. The van der Waals surface area contributed by atoms with Crippen LogP contribution >= 0.6 is 15.9 Å². The van der Waals surface area contributed by atoms with Crippen LogP contribution < -0.4 is 4.74 Å². The first-order valence-corrected chi connectivity index (χ1v) is 5.94. The lowest BCUT2D eigenvalue weighted by Gasteiger charge is -2.25. The summed E-state index contributed by atoms with van der Waals surface area (Å²) in [4.78, 5) is 0. The van der Waals surface area contributed by atoms with E-state index in [-0.39, 0.29) is 0 Å². The highest BCUT2D eigenvalue weighted by Gasteiger charge is 2.17. The molecule has 0 saturated heterocycles. The zero-order chi connectivity index (χ0) is 9.97. The fourth-order valence-corrected chi connectivity index (χ4v) is 1.83. The third-order valence-electron chi connectivity index (χ3n) is 2.84. The number of ether oxygens (including phenoxy) is 1. The molecule has 1 saturated carbocycles. The number of halogens is 1. The molecule has 0 radical (unpaired) electrons. The van der Waals surface area contributed by atoms with Gasteiger partial charge in [0.05, 0.1) is 6.61 Å². The summed E-state index contributed by atoms with van der Waals surface area (Å²) in [6.45, 7) is 2.97. The van der Waals surface area contributed by atoms with Crippen LogP contribution in [0.3, 0.4) is 0 Å².